The number of nitro benzene ring substituents is 1. The van der Waals surface area contributed by atoms with Crippen molar-refractivity contribution in [2.75, 3.05) is 46.4 Å². The average Bonchev–Trinajstić information content (AvgIpc) is 3.29. The lowest BCUT2D eigenvalue weighted by Gasteiger charge is -2.33. The van der Waals surface area contributed by atoms with Crippen molar-refractivity contribution < 1.29 is 18.9 Å². The average molecular weight is 439 g/mol. The monoisotopic (exact) mass is 439 g/mol. The fourth-order valence-corrected chi connectivity index (χ4v) is 3.50. The van der Waals surface area contributed by atoms with Crippen LogP contribution < -0.4 is 9.47 Å². The largest absolute Gasteiger partial charge is 0.497 e. The summed E-state index contributed by atoms with van der Waals surface area (Å²) < 4.78 is 16.3. The normalized spacial score (nSPS) is 14.9. The van der Waals surface area contributed by atoms with Crippen molar-refractivity contribution in [3.05, 3.63) is 64.5 Å². The molecule has 4 rings (SSSR count). The van der Waals surface area contributed by atoms with Crippen molar-refractivity contribution in [1.29, 1.82) is 0 Å². The van der Waals surface area contributed by atoms with Crippen LogP contribution in [0.2, 0.25) is 0 Å². The molecule has 0 unspecified atom stereocenters. The van der Waals surface area contributed by atoms with Crippen LogP contribution >= 0.6 is 0 Å². The van der Waals surface area contributed by atoms with Crippen LogP contribution in [0.1, 0.15) is 5.89 Å². The van der Waals surface area contributed by atoms with Gasteiger partial charge in [0.25, 0.3) is 5.69 Å². The summed E-state index contributed by atoms with van der Waals surface area (Å²) in [6, 6.07) is 13.7. The fourth-order valence-electron chi connectivity index (χ4n) is 3.50. The van der Waals surface area contributed by atoms with E-state index < -0.39 is 4.92 Å². The minimum absolute atomic E-state index is 0.0322. The van der Waals surface area contributed by atoms with Gasteiger partial charge in [0.15, 0.2) is 0 Å². The molecule has 1 aromatic heterocycles. The molecule has 10 heteroatoms. The molecule has 1 fully saturated rings. The molecule has 1 aliphatic rings. The summed E-state index contributed by atoms with van der Waals surface area (Å²) in [7, 11) is 1.64. The van der Waals surface area contributed by atoms with Crippen LogP contribution in [-0.2, 0) is 6.54 Å². The molecule has 0 saturated carbocycles. The van der Waals surface area contributed by atoms with E-state index in [1.807, 2.05) is 24.3 Å². The van der Waals surface area contributed by atoms with Gasteiger partial charge in [-0.25, -0.2) is 0 Å². The Morgan fingerprint density at radius 3 is 2.31 bits per heavy atom. The number of methoxy groups -OCH3 is 1. The maximum atomic E-state index is 10.8. The number of ether oxygens (including phenoxy) is 2. The summed E-state index contributed by atoms with van der Waals surface area (Å²) in [5.74, 6) is 2.62. The number of rotatable bonds is 9. The number of aromatic nitrogens is 2. The predicted octanol–water partition coefficient (Wildman–Crippen LogP) is 2.85. The number of piperazine rings is 1. The van der Waals surface area contributed by atoms with Gasteiger partial charge in [-0.15, -0.1) is 0 Å². The van der Waals surface area contributed by atoms with Gasteiger partial charge in [-0.2, -0.15) is 4.98 Å². The molecule has 32 heavy (non-hydrogen) atoms. The first-order valence-corrected chi connectivity index (χ1v) is 10.4. The number of non-ortho nitro benzene ring substituents is 1. The Labute approximate surface area is 185 Å². The van der Waals surface area contributed by atoms with E-state index in [9.17, 15) is 10.1 Å². The molecule has 0 amide bonds. The smallest absolute Gasteiger partial charge is 0.269 e. The highest BCUT2D eigenvalue weighted by atomic mass is 16.6. The molecule has 0 aliphatic carbocycles. The highest BCUT2D eigenvalue weighted by Crippen LogP contribution is 2.20. The standard InChI is InChI=1S/C22H25N5O5/c1-30-19-6-8-20(9-7-19)31-15-14-25-10-12-26(13-11-25)16-21-23-22(24-32-21)17-2-4-18(5-3-17)27(28)29/h2-9H,10-16H2,1H3. The van der Waals surface area contributed by atoms with Crippen molar-refractivity contribution in [1.82, 2.24) is 19.9 Å². The lowest BCUT2D eigenvalue weighted by atomic mass is 10.2. The Kier molecular flexibility index (Phi) is 6.93. The minimum Gasteiger partial charge on any atom is -0.497 e. The van der Waals surface area contributed by atoms with E-state index in [2.05, 4.69) is 19.9 Å². The lowest BCUT2D eigenvalue weighted by Crippen LogP contribution is -2.47. The molecule has 0 bridgehead atoms. The topological polar surface area (TPSA) is 107 Å². The van der Waals surface area contributed by atoms with E-state index in [0.29, 0.717) is 30.4 Å². The molecular weight excluding hydrogens is 414 g/mol. The summed E-state index contributed by atoms with van der Waals surface area (Å²) in [6.45, 7) is 5.76. The van der Waals surface area contributed by atoms with Gasteiger partial charge in [-0.3, -0.25) is 19.9 Å². The molecule has 0 radical (unpaired) electrons. The number of hydrogen-bond donors (Lipinski definition) is 0. The van der Waals surface area contributed by atoms with E-state index in [1.165, 1.54) is 12.1 Å². The molecule has 0 spiro atoms. The van der Waals surface area contributed by atoms with Gasteiger partial charge in [0.2, 0.25) is 11.7 Å². The van der Waals surface area contributed by atoms with Crippen LogP contribution in [0.5, 0.6) is 11.5 Å². The van der Waals surface area contributed by atoms with Gasteiger partial charge in [-0.05, 0) is 36.4 Å². The molecular formula is C22H25N5O5. The number of benzene rings is 2. The third-order valence-corrected chi connectivity index (χ3v) is 5.36. The predicted molar refractivity (Wildman–Crippen MR) is 117 cm³/mol. The summed E-state index contributed by atoms with van der Waals surface area (Å²) in [5, 5.41) is 14.8. The van der Waals surface area contributed by atoms with Crippen LogP contribution in [-0.4, -0.2) is 71.3 Å². The van der Waals surface area contributed by atoms with Crippen LogP contribution in [0.4, 0.5) is 5.69 Å². The molecule has 2 aromatic carbocycles. The second kappa shape index (κ2) is 10.2. The van der Waals surface area contributed by atoms with E-state index in [-0.39, 0.29) is 5.69 Å². The number of nitro groups is 1. The van der Waals surface area contributed by atoms with Gasteiger partial charge in [0, 0.05) is 50.4 Å². The van der Waals surface area contributed by atoms with Gasteiger partial charge in [0.05, 0.1) is 18.6 Å². The molecule has 2 heterocycles. The van der Waals surface area contributed by atoms with Crippen molar-refractivity contribution in [2.45, 2.75) is 6.54 Å². The second-order valence-electron chi connectivity index (χ2n) is 7.46. The maximum absolute atomic E-state index is 10.8. The van der Waals surface area contributed by atoms with Gasteiger partial charge in [-0.1, -0.05) is 5.16 Å². The SMILES string of the molecule is COc1ccc(OCCN2CCN(Cc3nc(-c4ccc([N+](=O)[O-])cc4)no3)CC2)cc1. The zero-order valence-electron chi connectivity index (χ0n) is 17.8. The number of nitrogens with zero attached hydrogens (tertiary/aromatic N) is 5. The molecule has 10 nitrogen and oxygen atoms in total. The van der Waals surface area contributed by atoms with Crippen LogP contribution in [0.25, 0.3) is 11.4 Å². The van der Waals surface area contributed by atoms with Crippen molar-refractivity contribution >= 4 is 5.69 Å². The summed E-state index contributed by atoms with van der Waals surface area (Å²) >= 11 is 0. The fraction of sp³-hybridized carbons (Fsp3) is 0.364. The summed E-state index contributed by atoms with van der Waals surface area (Å²) in [6.07, 6.45) is 0. The quantitative estimate of drug-likeness (QED) is 0.367. The highest BCUT2D eigenvalue weighted by Gasteiger charge is 2.19. The van der Waals surface area contributed by atoms with E-state index in [4.69, 9.17) is 14.0 Å². The molecule has 3 aromatic rings. The van der Waals surface area contributed by atoms with Crippen molar-refractivity contribution in [2.24, 2.45) is 0 Å². The maximum Gasteiger partial charge on any atom is 0.269 e. The molecule has 168 valence electrons. The van der Waals surface area contributed by atoms with Gasteiger partial charge in [0.1, 0.15) is 18.1 Å². The second-order valence-corrected chi connectivity index (χ2v) is 7.46. The third-order valence-electron chi connectivity index (χ3n) is 5.36. The van der Waals surface area contributed by atoms with E-state index in [0.717, 1.165) is 44.2 Å². The van der Waals surface area contributed by atoms with Crippen molar-refractivity contribution in [3.63, 3.8) is 0 Å². The Hall–Kier alpha value is -3.50. The molecule has 1 aliphatic heterocycles. The Bertz CT molecular complexity index is 1010. The van der Waals surface area contributed by atoms with Crippen LogP contribution in [0.15, 0.2) is 53.1 Å². The highest BCUT2D eigenvalue weighted by molar-refractivity contribution is 5.56. The molecule has 0 atom stereocenters. The van der Waals surface area contributed by atoms with Gasteiger partial charge >= 0.3 is 0 Å². The first-order valence-electron chi connectivity index (χ1n) is 10.4. The van der Waals surface area contributed by atoms with E-state index in [1.54, 1.807) is 19.2 Å². The Morgan fingerprint density at radius 1 is 1.00 bits per heavy atom. The van der Waals surface area contributed by atoms with E-state index >= 15 is 0 Å². The summed E-state index contributed by atoms with van der Waals surface area (Å²) in [5.41, 5.74) is 0.719. The minimum atomic E-state index is -0.434. The Morgan fingerprint density at radius 2 is 1.66 bits per heavy atom. The van der Waals surface area contributed by atoms with Crippen LogP contribution in [0.3, 0.4) is 0 Å². The molecule has 1 saturated heterocycles. The third kappa shape index (κ3) is 5.59. The molecule has 0 N–H and O–H groups in total. The lowest BCUT2D eigenvalue weighted by molar-refractivity contribution is -0.384. The zero-order chi connectivity index (χ0) is 22.3. The number of hydrogen-bond acceptors (Lipinski definition) is 9. The zero-order valence-corrected chi connectivity index (χ0v) is 17.8. The Balaban J connectivity index is 1.20. The van der Waals surface area contributed by atoms with Gasteiger partial charge < -0.3 is 14.0 Å². The summed E-state index contributed by atoms with van der Waals surface area (Å²) in [4.78, 5) is 19.4. The van der Waals surface area contributed by atoms with Crippen molar-refractivity contribution in [3.8, 4) is 22.9 Å². The first kappa shape index (κ1) is 21.7. The van der Waals surface area contributed by atoms with Crippen LogP contribution in [0, 0.1) is 10.1 Å². The first-order chi connectivity index (χ1) is 15.6.